The molecule has 9 heteroatoms. The first kappa shape index (κ1) is 16.1. The summed E-state index contributed by atoms with van der Waals surface area (Å²) in [6.07, 6.45) is 0. The van der Waals surface area contributed by atoms with Crippen LogP contribution in [-0.2, 0) is 6.54 Å². The summed E-state index contributed by atoms with van der Waals surface area (Å²) in [7, 11) is 0. The molecule has 1 amide bonds. The SMILES string of the molecule is CC(C)Cn1nnc(NC(=S)NC(=O)c2cc3ccccc3o2)n1. The fourth-order valence-corrected chi connectivity index (χ4v) is 2.27. The minimum atomic E-state index is -0.446. The number of benzene rings is 1. The average Bonchev–Trinajstić information content (AvgIpc) is 3.13. The Balaban J connectivity index is 1.61. The first-order valence-electron chi connectivity index (χ1n) is 7.40. The van der Waals surface area contributed by atoms with E-state index in [0.29, 0.717) is 18.0 Å². The van der Waals surface area contributed by atoms with Crippen LogP contribution in [0.15, 0.2) is 34.7 Å². The summed E-state index contributed by atoms with van der Waals surface area (Å²) >= 11 is 5.09. The lowest BCUT2D eigenvalue weighted by Crippen LogP contribution is -2.34. The zero-order valence-corrected chi connectivity index (χ0v) is 14.0. The molecule has 0 spiro atoms. The van der Waals surface area contributed by atoms with Gasteiger partial charge in [-0.15, -0.1) is 5.10 Å². The van der Waals surface area contributed by atoms with Crippen molar-refractivity contribution in [1.82, 2.24) is 25.5 Å². The summed E-state index contributed by atoms with van der Waals surface area (Å²) in [6, 6.07) is 9.02. The van der Waals surface area contributed by atoms with Crippen LogP contribution < -0.4 is 10.6 Å². The fourth-order valence-electron chi connectivity index (χ4n) is 2.09. The van der Waals surface area contributed by atoms with Gasteiger partial charge in [0.25, 0.3) is 11.9 Å². The molecule has 0 aliphatic rings. The average molecular weight is 344 g/mol. The highest BCUT2D eigenvalue weighted by Gasteiger charge is 2.14. The minimum Gasteiger partial charge on any atom is -0.451 e. The van der Waals surface area contributed by atoms with Crippen LogP contribution in [0.3, 0.4) is 0 Å². The van der Waals surface area contributed by atoms with Crippen LogP contribution in [0, 0.1) is 5.92 Å². The van der Waals surface area contributed by atoms with Gasteiger partial charge in [-0.2, -0.15) is 4.80 Å². The Kier molecular flexibility index (Phi) is 4.52. The molecule has 0 radical (unpaired) electrons. The molecule has 8 nitrogen and oxygen atoms in total. The molecule has 1 aromatic carbocycles. The third-order valence-electron chi connectivity index (χ3n) is 3.08. The van der Waals surface area contributed by atoms with Crippen LogP contribution in [0.4, 0.5) is 5.95 Å². The third-order valence-corrected chi connectivity index (χ3v) is 3.29. The number of anilines is 1. The van der Waals surface area contributed by atoms with E-state index >= 15 is 0 Å². The van der Waals surface area contributed by atoms with Crippen molar-refractivity contribution < 1.29 is 9.21 Å². The van der Waals surface area contributed by atoms with E-state index < -0.39 is 5.91 Å². The maximum absolute atomic E-state index is 12.2. The van der Waals surface area contributed by atoms with E-state index in [2.05, 4.69) is 39.9 Å². The van der Waals surface area contributed by atoms with Gasteiger partial charge >= 0.3 is 0 Å². The van der Waals surface area contributed by atoms with Gasteiger partial charge in [-0.05, 0) is 35.5 Å². The Hall–Kier alpha value is -2.81. The van der Waals surface area contributed by atoms with Crippen molar-refractivity contribution in [2.24, 2.45) is 5.92 Å². The quantitative estimate of drug-likeness (QED) is 0.700. The first-order valence-corrected chi connectivity index (χ1v) is 7.81. The van der Waals surface area contributed by atoms with Gasteiger partial charge in [0, 0.05) is 5.39 Å². The molecule has 3 aromatic rings. The maximum Gasteiger partial charge on any atom is 0.293 e. The van der Waals surface area contributed by atoms with E-state index in [9.17, 15) is 4.79 Å². The number of nitrogens with zero attached hydrogens (tertiary/aromatic N) is 4. The molecule has 0 atom stereocenters. The summed E-state index contributed by atoms with van der Waals surface area (Å²) in [5, 5.41) is 18.0. The molecule has 124 valence electrons. The van der Waals surface area contributed by atoms with Crippen LogP contribution in [0.1, 0.15) is 24.4 Å². The largest absolute Gasteiger partial charge is 0.451 e. The van der Waals surface area contributed by atoms with E-state index in [1.165, 1.54) is 4.80 Å². The van der Waals surface area contributed by atoms with Gasteiger partial charge in [-0.3, -0.25) is 15.4 Å². The molecule has 0 saturated heterocycles. The number of tetrazole rings is 1. The molecule has 0 aliphatic carbocycles. The number of nitrogens with one attached hydrogen (secondary N) is 2. The molecule has 0 unspecified atom stereocenters. The molecule has 0 saturated carbocycles. The lowest BCUT2D eigenvalue weighted by Gasteiger charge is -2.04. The van der Waals surface area contributed by atoms with Gasteiger partial charge in [0.15, 0.2) is 10.9 Å². The first-order chi connectivity index (χ1) is 11.5. The predicted molar refractivity (Wildman–Crippen MR) is 92.6 cm³/mol. The van der Waals surface area contributed by atoms with Gasteiger partial charge in [0.05, 0.1) is 6.54 Å². The van der Waals surface area contributed by atoms with Crippen LogP contribution in [0.5, 0.6) is 0 Å². The Morgan fingerprint density at radius 1 is 1.38 bits per heavy atom. The molecule has 2 heterocycles. The molecule has 2 N–H and O–H groups in total. The second-order valence-electron chi connectivity index (χ2n) is 5.62. The lowest BCUT2D eigenvalue weighted by molar-refractivity contribution is 0.0953. The zero-order valence-electron chi connectivity index (χ0n) is 13.2. The number of furan rings is 1. The van der Waals surface area contributed by atoms with Gasteiger partial charge in [0.1, 0.15) is 5.58 Å². The van der Waals surface area contributed by atoms with E-state index in [1.807, 2.05) is 18.2 Å². The highest BCUT2D eigenvalue weighted by molar-refractivity contribution is 7.80. The molecular formula is C15H16N6O2S. The third kappa shape index (κ3) is 3.74. The van der Waals surface area contributed by atoms with Crippen molar-refractivity contribution in [3.8, 4) is 0 Å². The Bertz CT molecular complexity index is 852. The minimum absolute atomic E-state index is 0.0737. The molecule has 0 fully saturated rings. The molecule has 0 bridgehead atoms. The summed E-state index contributed by atoms with van der Waals surface area (Å²) < 4.78 is 5.48. The number of hydrogen-bond acceptors (Lipinski definition) is 6. The number of carbonyl (C=O) groups excluding carboxylic acids is 1. The molecular weight excluding hydrogens is 328 g/mol. The molecule has 24 heavy (non-hydrogen) atoms. The number of fused-ring (bicyclic) bond motifs is 1. The summed E-state index contributed by atoms with van der Waals surface area (Å²) in [4.78, 5) is 13.6. The van der Waals surface area contributed by atoms with Crippen LogP contribution >= 0.6 is 12.2 Å². The maximum atomic E-state index is 12.2. The summed E-state index contributed by atoms with van der Waals surface area (Å²) in [5.74, 6) is 0.354. The van der Waals surface area contributed by atoms with E-state index in [1.54, 1.807) is 12.1 Å². The number of amides is 1. The van der Waals surface area contributed by atoms with E-state index in [-0.39, 0.29) is 16.8 Å². The van der Waals surface area contributed by atoms with Crippen molar-refractivity contribution in [2.45, 2.75) is 20.4 Å². The second-order valence-corrected chi connectivity index (χ2v) is 6.03. The predicted octanol–water partition coefficient (Wildman–Crippen LogP) is 2.20. The number of rotatable bonds is 4. The second kappa shape index (κ2) is 6.75. The number of hydrogen-bond donors (Lipinski definition) is 2. The van der Waals surface area contributed by atoms with Crippen LogP contribution in [0.2, 0.25) is 0 Å². The standard InChI is InChI=1S/C15H16N6O2S/c1-9(2)8-21-19-14(18-20-21)17-15(24)16-13(22)12-7-10-5-3-4-6-11(10)23-12/h3-7,9H,8H2,1-2H3,(H2,16,17,19,22,24). The fraction of sp³-hybridized carbons (Fsp3) is 0.267. The number of aromatic nitrogens is 4. The lowest BCUT2D eigenvalue weighted by atomic mass is 10.2. The van der Waals surface area contributed by atoms with Crippen molar-refractivity contribution >= 4 is 40.2 Å². The van der Waals surface area contributed by atoms with Crippen molar-refractivity contribution in [3.63, 3.8) is 0 Å². The van der Waals surface area contributed by atoms with Crippen LogP contribution in [-0.4, -0.2) is 31.2 Å². The van der Waals surface area contributed by atoms with Gasteiger partial charge < -0.3 is 4.42 Å². The van der Waals surface area contributed by atoms with Gasteiger partial charge in [-0.25, -0.2) is 0 Å². The topological polar surface area (TPSA) is 97.9 Å². The normalized spacial score (nSPS) is 11.0. The Morgan fingerprint density at radius 3 is 2.92 bits per heavy atom. The summed E-state index contributed by atoms with van der Waals surface area (Å²) in [6.45, 7) is 4.75. The van der Waals surface area contributed by atoms with Crippen molar-refractivity contribution in [2.75, 3.05) is 5.32 Å². The van der Waals surface area contributed by atoms with E-state index in [4.69, 9.17) is 16.6 Å². The van der Waals surface area contributed by atoms with E-state index in [0.717, 1.165) is 5.39 Å². The Morgan fingerprint density at radius 2 is 2.17 bits per heavy atom. The Labute approximate surface area is 143 Å². The highest BCUT2D eigenvalue weighted by Crippen LogP contribution is 2.18. The highest BCUT2D eigenvalue weighted by atomic mass is 32.1. The van der Waals surface area contributed by atoms with Crippen molar-refractivity contribution in [3.05, 3.63) is 36.1 Å². The zero-order chi connectivity index (χ0) is 17.1. The number of thiocarbonyl (C=S) groups is 1. The van der Waals surface area contributed by atoms with Gasteiger partial charge in [0.2, 0.25) is 0 Å². The monoisotopic (exact) mass is 344 g/mol. The summed E-state index contributed by atoms with van der Waals surface area (Å²) in [5.41, 5.74) is 0.639. The smallest absolute Gasteiger partial charge is 0.293 e. The number of carbonyl (C=O) groups is 1. The molecule has 2 aromatic heterocycles. The molecule has 0 aliphatic heterocycles. The number of para-hydroxylation sites is 1. The molecule has 3 rings (SSSR count). The van der Waals surface area contributed by atoms with Gasteiger partial charge in [-0.1, -0.05) is 37.1 Å². The van der Waals surface area contributed by atoms with Crippen LogP contribution in [0.25, 0.3) is 11.0 Å². The van der Waals surface area contributed by atoms with Crippen molar-refractivity contribution in [1.29, 1.82) is 0 Å².